The van der Waals surface area contributed by atoms with Gasteiger partial charge >= 0.3 is 0 Å². The zero-order valence-electron chi connectivity index (χ0n) is 14.6. The molecule has 0 spiro atoms. The fraction of sp³-hybridized carbons (Fsp3) is 0.700. The molecule has 0 radical (unpaired) electrons. The zero-order chi connectivity index (χ0) is 16.6. The van der Waals surface area contributed by atoms with Crippen LogP contribution in [0.4, 0.5) is 0 Å². The van der Waals surface area contributed by atoms with E-state index in [9.17, 15) is 10.2 Å². The third kappa shape index (κ3) is 1.90. The van der Waals surface area contributed by atoms with Crippen molar-refractivity contribution in [3.05, 3.63) is 28.8 Å². The molecule has 3 heteroatoms. The number of aliphatic hydroxyl groups is 1. The molecule has 2 N–H and O–H groups in total. The number of hydrogen-bond donors (Lipinski definition) is 2. The summed E-state index contributed by atoms with van der Waals surface area (Å²) in [6.45, 7) is 9.52. The second-order valence-corrected chi connectivity index (χ2v) is 8.78. The summed E-state index contributed by atoms with van der Waals surface area (Å²) < 4.78 is 6.13. The molecule has 1 saturated carbocycles. The summed E-state index contributed by atoms with van der Waals surface area (Å²) in [6.07, 6.45) is 2.76. The summed E-state index contributed by atoms with van der Waals surface area (Å²) in [5.74, 6) is 0.937. The Labute approximate surface area is 138 Å². The van der Waals surface area contributed by atoms with E-state index in [2.05, 4.69) is 27.7 Å². The predicted octanol–water partition coefficient (Wildman–Crippen LogP) is 4.03. The van der Waals surface area contributed by atoms with Gasteiger partial charge in [0.15, 0.2) is 0 Å². The lowest BCUT2D eigenvalue weighted by Crippen LogP contribution is -2.53. The second-order valence-electron chi connectivity index (χ2n) is 8.78. The highest BCUT2D eigenvalue weighted by molar-refractivity contribution is 5.50. The van der Waals surface area contributed by atoms with E-state index < -0.39 is 6.10 Å². The molecule has 4 rings (SSSR count). The minimum Gasteiger partial charge on any atom is -0.508 e. The third-order valence-corrected chi connectivity index (χ3v) is 6.88. The van der Waals surface area contributed by atoms with Crippen LogP contribution in [0.15, 0.2) is 12.1 Å². The number of fused-ring (bicyclic) bond motifs is 2. The van der Waals surface area contributed by atoms with Crippen molar-refractivity contribution in [3.8, 4) is 5.75 Å². The van der Waals surface area contributed by atoms with Gasteiger partial charge in [0, 0.05) is 5.92 Å². The Hall–Kier alpha value is -1.06. The fourth-order valence-corrected chi connectivity index (χ4v) is 5.82. The van der Waals surface area contributed by atoms with E-state index in [1.165, 1.54) is 12.8 Å². The van der Waals surface area contributed by atoms with Gasteiger partial charge in [-0.05, 0) is 58.4 Å². The molecule has 1 heterocycles. The van der Waals surface area contributed by atoms with Crippen molar-refractivity contribution in [2.75, 3.05) is 6.61 Å². The van der Waals surface area contributed by atoms with Gasteiger partial charge in [0.2, 0.25) is 0 Å². The monoisotopic (exact) mass is 316 g/mol. The van der Waals surface area contributed by atoms with Gasteiger partial charge in [0.05, 0.1) is 12.7 Å². The van der Waals surface area contributed by atoms with Crippen LogP contribution in [0.2, 0.25) is 0 Å². The van der Waals surface area contributed by atoms with Crippen LogP contribution in [0.25, 0.3) is 0 Å². The van der Waals surface area contributed by atoms with E-state index in [1.54, 1.807) is 0 Å². The van der Waals surface area contributed by atoms with Crippen molar-refractivity contribution in [1.29, 1.82) is 0 Å². The molecule has 0 amide bonds. The fourth-order valence-electron chi connectivity index (χ4n) is 5.82. The molecular weight excluding hydrogens is 288 g/mol. The lowest BCUT2D eigenvalue weighted by Gasteiger charge is -2.54. The number of phenolic OH excluding ortho intramolecular Hbond substituents is 1. The number of aromatic hydroxyl groups is 1. The average molecular weight is 316 g/mol. The normalized spacial score (nSPS) is 41.7. The lowest BCUT2D eigenvalue weighted by molar-refractivity contribution is -0.0553. The van der Waals surface area contributed by atoms with Crippen LogP contribution >= 0.6 is 0 Å². The van der Waals surface area contributed by atoms with Crippen molar-refractivity contribution < 1.29 is 14.9 Å². The minimum atomic E-state index is -0.582. The molecule has 1 aliphatic heterocycles. The molecule has 0 bridgehead atoms. The van der Waals surface area contributed by atoms with Gasteiger partial charge in [-0.25, -0.2) is 0 Å². The van der Waals surface area contributed by atoms with Crippen molar-refractivity contribution in [2.24, 2.45) is 11.3 Å². The second kappa shape index (κ2) is 4.73. The van der Waals surface area contributed by atoms with Gasteiger partial charge < -0.3 is 14.9 Å². The summed E-state index contributed by atoms with van der Waals surface area (Å²) >= 11 is 0. The molecule has 1 aromatic rings. The maximum Gasteiger partial charge on any atom is 0.119 e. The van der Waals surface area contributed by atoms with E-state index >= 15 is 0 Å². The molecule has 126 valence electrons. The van der Waals surface area contributed by atoms with Crippen molar-refractivity contribution in [2.45, 2.75) is 70.5 Å². The van der Waals surface area contributed by atoms with E-state index in [0.29, 0.717) is 11.7 Å². The summed E-state index contributed by atoms with van der Waals surface area (Å²) in [5.41, 5.74) is 3.16. The zero-order valence-corrected chi connectivity index (χ0v) is 14.6. The number of rotatable bonds is 1. The Morgan fingerprint density at radius 1 is 1.22 bits per heavy atom. The predicted molar refractivity (Wildman–Crippen MR) is 89.7 cm³/mol. The first-order valence-electron chi connectivity index (χ1n) is 8.95. The highest BCUT2D eigenvalue weighted by atomic mass is 16.5. The van der Waals surface area contributed by atoms with E-state index in [1.807, 2.05) is 12.1 Å². The van der Waals surface area contributed by atoms with Crippen molar-refractivity contribution in [1.82, 2.24) is 0 Å². The summed E-state index contributed by atoms with van der Waals surface area (Å²) in [4.78, 5) is 0. The van der Waals surface area contributed by atoms with Gasteiger partial charge in [0.1, 0.15) is 11.9 Å². The summed E-state index contributed by atoms with van der Waals surface area (Å²) in [5, 5.41) is 21.5. The SMILES string of the molecule is CC(C)c1cc2c(cc1O)[C@@]1(C)CCC[C@@]3(C)CO[C@@H]([C@@H]2O)[C@@H]31. The Morgan fingerprint density at radius 2 is 1.96 bits per heavy atom. The van der Waals surface area contributed by atoms with Crippen LogP contribution in [0.3, 0.4) is 0 Å². The van der Waals surface area contributed by atoms with Crippen LogP contribution in [0, 0.1) is 11.3 Å². The standard InChI is InChI=1S/C20H28O3/c1-11(2)12-8-13-14(9-15(12)21)20(4)7-5-6-19(3)10-23-17(16(13)22)18(19)20/h8-9,11,16-18,21-22H,5-7,10H2,1-4H3/t16-,17+,18+,19+,20-/m1/s1. The highest BCUT2D eigenvalue weighted by Gasteiger charge is 2.62. The van der Waals surface area contributed by atoms with Gasteiger partial charge in [-0.2, -0.15) is 0 Å². The van der Waals surface area contributed by atoms with Gasteiger partial charge in [0.25, 0.3) is 0 Å². The molecule has 0 unspecified atom stereocenters. The van der Waals surface area contributed by atoms with Crippen LogP contribution in [0.1, 0.15) is 75.7 Å². The topological polar surface area (TPSA) is 49.7 Å². The van der Waals surface area contributed by atoms with E-state index in [4.69, 9.17) is 4.74 Å². The van der Waals surface area contributed by atoms with Crippen LogP contribution < -0.4 is 0 Å². The van der Waals surface area contributed by atoms with Crippen molar-refractivity contribution >= 4 is 0 Å². The Morgan fingerprint density at radius 3 is 2.65 bits per heavy atom. The first-order chi connectivity index (χ1) is 10.8. The minimum absolute atomic E-state index is 0.0181. The average Bonchev–Trinajstić information content (AvgIpc) is 2.84. The number of ether oxygens (including phenoxy) is 1. The Kier molecular flexibility index (Phi) is 3.18. The summed E-state index contributed by atoms with van der Waals surface area (Å²) in [7, 11) is 0. The maximum absolute atomic E-state index is 11.0. The van der Waals surface area contributed by atoms with E-state index in [-0.39, 0.29) is 22.9 Å². The van der Waals surface area contributed by atoms with E-state index in [0.717, 1.165) is 29.7 Å². The molecule has 23 heavy (non-hydrogen) atoms. The Balaban J connectivity index is 1.94. The van der Waals surface area contributed by atoms with Crippen LogP contribution in [0.5, 0.6) is 5.75 Å². The molecule has 3 aliphatic rings. The number of aliphatic hydroxyl groups excluding tert-OH is 1. The molecule has 5 atom stereocenters. The first-order valence-corrected chi connectivity index (χ1v) is 8.95. The molecule has 2 aliphatic carbocycles. The molecule has 1 aromatic carbocycles. The van der Waals surface area contributed by atoms with Gasteiger partial charge in [-0.1, -0.05) is 34.1 Å². The van der Waals surface area contributed by atoms with Gasteiger partial charge in [-0.15, -0.1) is 0 Å². The van der Waals surface area contributed by atoms with Crippen LogP contribution in [-0.2, 0) is 10.2 Å². The van der Waals surface area contributed by atoms with Gasteiger partial charge in [-0.3, -0.25) is 0 Å². The Bertz CT molecular complexity index is 653. The molecule has 2 fully saturated rings. The first kappa shape index (κ1) is 15.5. The molecule has 1 saturated heterocycles. The quantitative estimate of drug-likeness (QED) is 0.822. The molecular formula is C20H28O3. The highest BCUT2D eigenvalue weighted by Crippen LogP contribution is 2.63. The van der Waals surface area contributed by atoms with Crippen LogP contribution in [-0.4, -0.2) is 22.9 Å². The third-order valence-electron chi connectivity index (χ3n) is 6.88. The molecule has 3 nitrogen and oxygen atoms in total. The summed E-state index contributed by atoms with van der Waals surface area (Å²) in [6, 6.07) is 3.96. The number of hydrogen-bond acceptors (Lipinski definition) is 3. The maximum atomic E-state index is 11.0. The number of phenols is 1. The molecule has 0 aromatic heterocycles. The van der Waals surface area contributed by atoms with Crippen molar-refractivity contribution in [3.63, 3.8) is 0 Å². The number of benzene rings is 1. The lowest BCUT2D eigenvalue weighted by atomic mass is 9.49. The largest absolute Gasteiger partial charge is 0.508 e. The smallest absolute Gasteiger partial charge is 0.119 e.